The third kappa shape index (κ3) is 3.50. The Bertz CT molecular complexity index is 933. The van der Waals surface area contributed by atoms with Gasteiger partial charge in [0.2, 0.25) is 0 Å². The molecule has 24 heavy (non-hydrogen) atoms. The van der Waals surface area contributed by atoms with E-state index in [4.69, 9.17) is 0 Å². The molecule has 0 aliphatic heterocycles. The molecule has 0 spiro atoms. The van der Waals surface area contributed by atoms with Crippen molar-refractivity contribution in [2.24, 2.45) is 7.05 Å². The van der Waals surface area contributed by atoms with Crippen molar-refractivity contribution in [2.75, 3.05) is 5.32 Å². The van der Waals surface area contributed by atoms with Crippen molar-refractivity contribution in [1.82, 2.24) is 14.8 Å². The number of pyridine rings is 1. The smallest absolute Gasteiger partial charge is 0.273 e. The van der Waals surface area contributed by atoms with Gasteiger partial charge in [0, 0.05) is 42.5 Å². The number of aromatic nitrogens is 3. The summed E-state index contributed by atoms with van der Waals surface area (Å²) < 4.78 is 1.54. The molecule has 0 unspecified atom stereocenters. The number of benzene rings is 1. The monoisotopic (exact) mass is 316 g/mol. The van der Waals surface area contributed by atoms with Crippen molar-refractivity contribution in [2.45, 2.75) is 6.92 Å². The highest BCUT2D eigenvalue weighted by Crippen LogP contribution is 2.17. The first-order chi connectivity index (χ1) is 11.6. The summed E-state index contributed by atoms with van der Waals surface area (Å²) in [6.45, 7) is 1.94. The number of carbonyl (C=O) groups excluding carboxylic acids is 1. The van der Waals surface area contributed by atoms with E-state index in [-0.39, 0.29) is 5.91 Å². The van der Waals surface area contributed by atoms with Crippen LogP contribution >= 0.6 is 0 Å². The summed E-state index contributed by atoms with van der Waals surface area (Å²) in [5.74, 6) is 6.02. The summed E-state index contributed by atoms with van der Waals surface area (Å²) in [5.41, 5.74) is 4.03. The molecule has 1 aromatic carbocycles. The van der Waals surface area contributed by atoms with Crippen LogP contribution in [-0.2, 0) is 7.05 Å². The number of carbonyl (C=O) groups is 1. The first-order valence-electron chi connectivity index (χ1n) is 7.45. The standard InChI is InChI=1S/C19H16N4O/c1-14-13-16(4-3-15-7-10-20-11-8-15)5-6-17(14)22-19(24)18-9-12-21-23(18)2/h5-13H,1-2H3,(H,22,24). The molecule has 3 rings (SSSR count). The van der Waals surface area contributed by atoms with Crippen LogP contribution in [0.5, 0.6) is 0 Å². The molecule has 0 aliphatic carbocycles. The van der Waals surface area contributed by atoms with Gasteiger partial charge < -0.3 is 5.32 Å². The third-order valence-corrected chi connectivity index (χ3v) is 3.56. The Hall–Kier alpha value is -3.39. The Morgan fingerprint density at radius 3 is 2.46 bits per heavy atom. The fourth-order valence-corrected chi connectivity index (χ4v) is 2.24. The average molecular weight is 316 g/mol. The molecule has 118 valence electrons. The zero-order valence-corrected chi connectivity index (χ0v) is 13.4. The fraction of sp³-hybridized carbons (Fsp3) is 0.105. The zero-order chi connectivity index (χ0) is 16.9. The van der Waals surface area contributed by atoms with Crippen molar-refractivity contribution in [3.05, 3.63) is 77.4 Å². The van der Waals surface area contributed by atoms with Gasteiger partial charge in [0.25, 0.3) is 5.91 Å². The molecule has 2 heterocycles. The highest BCUT2D eigenvalue weighted by molar-refractivity contribution is 6.03. The number of nitrogens with one attached hydrogen (secondary N) is 1. The molecule has 3 aromatic rings. The molecule has 0 bridgehead atoms. The Morgan fingerprint density at radius 1 is 1.04 bits per heavy atom. The predicted octanol–water partition coefficient (Wildman–Crippen LogP) is 2.78. The minimum absolute atomic E-state index is 0.186. The van der Waals surface area contributed by atoms with Gasteiger partial charge in [0.1, 0.15) is 5.69 Å². The van der Waals surface area contributed by atoms with Crippen LogP contribution in [0.3, 0.4) is 0 Å². The van der Waals surface area contributed by atoms with Crippen molar-refractivity contribution in [1.29, 1.82) is 0 Å². The Balaban J connectivity index is 1.77. The molecule has 5 heteroatoms. The molecule has 5 nitrogen and oxygen atoms in total. The third-order valence-electron chi connectivity index (χ3n) is 3.56. The molecule has 1 amide bonds. The van der Waals surface area contributed by atoms with E-state index >= 15 is 0 Å². The number of nitrogens with zero attached hydrogens (tertiary/aromatic N) is 3. The number of amides is 1. The Kier molecular flexibility index (Phi) is 4.39. The zero-order valence-electron chi connectivity index (χ0n) is 13.4. The minimum Gasteiger partial charge on any atom is -0.320 e. The van der Waals surface area contributed by atoms with Crippen LogP contribution < -0.4 is 5.32 Å². The summed E-state index contributed by atoms with van der Waals surface area (Å²) in [7, 11) is 1.74. The lowest BCUT2D eigenvalue weighted by atomic mass is 10.1. The van der Waals surface area contributed by atoms with Crippen LogP contribution in [0.15, 0.2) is 55.0 Å². The van der Waals surface area contributed by atoms with E-state index in [1.54, 1.807) is 36.4 Å². The van der Waals surface area contributed by atoms with E-state index in [0.29, 0.717) is 5.69 Å². The minimum atomic E-state index is -0.186. The molecule has 0 saturated heterocycles. The summed E-state index contributed by atoms with van der Waals surface area (Å²) in [6, 6.07) is 11.1. The number of hydrogen-bond acceptors (Lipinski definition) is 3. The molecular formula is C19H16N4O. The van der Waals surface area contributed by atoms with E-state index in [2.05, 4.69) is 27.2 Å². The molecule has 0 saturated carbocycles. The molecule has 0 fully saturated rings. The maximum absolute atomic E-state index is 12.2. The van der Waals surface area contributed by atoms with Gasteiger partial charge in [-0.1, -0.05) is 11.8 Å². The number of rotatable bonds is 2. The predicted molar refractivity (Wildman–Crippen MR) is 92.6 cm³/mol. The van der Waals surface area contributed by atoms with Gasteiger partial charge in [-0.25, -0.2) is 0 Å². The number of hydrogen-bond donors (Lipinski definition) is 1. The molecule has 2 aromatic heterocycles. The molecular weight excluding hydrogens is 300 g/mol. The first-order valence-corrected chi connectivity index (χ1v) is 7.45. The number of anilines is 1. The maximum atomic E-state index is 12.2. The van der Waals surface area contributed by atoms with E-state index in [9.17, 15) is 4.79 Å². The molecule has 0 aliphatic rings. The van der Waals surface area contributed by atoms with Crippen LogP contribution in [0.2, 0.25) is 0 Å². The highest BCUT2D eigenvalue weighted by atomic mass is 16.2. The molecule has 0 radical (unpaired) electrons. The van der Waals surface area contributed by atoms with Gasteiger partial charge in [0.15, 0.2) is 0 Å². The summed E-state index contributed by atoms with van der Waals surface area (Å²) in [5, 5.41) is 6.90. The van der Waals surface area contributed by atoms with E-state index < -0.39 is 0 Å². The molecule has 1 N–H and O–H groups in total. The van der Waals surface area contributed by atoms with Crippen LogP contribution in [0.25, 0.3) is 0 Å². The summed E-state index contributed by atoms with van der Waals surface area (Å²) in [6.07, 6.45) is 5.03. The lowest BCUT2D eigenvalue weighted by molar-refractivity contribution is 0.101. The van der Waals surface area contributed by atoms with Gasteiger partial charge in [-0.3, -0.25) is 14.5 Å². The molecule has 0 atom stereocenters. The topological polar surface area (TPSA) is 59.8 Å². The highest BCUT2D eigenvalue weighted by Gasteiger charge is 2.11. The Labute approximate surface area is 140 Å². The van der Waals surface area contributed by atoms with Crippen LogP contribution in [-0.4, -0.2) is 20.7 Å². The van der Waals surface area contributed by atoms with E-state index in [1.165, 1.54) is 0 Å². The average Bonchev–Trinajstić information content (AvgIpc) is 3.02. The summed E-state index contributed by atoms with van der Waals surface area (Å²) in [4.78, 5) is 16.2. The van der Waals surface area contributed by atoms with E-state index in [0.717, 1.165) is 22.4 Å². The first kappa shape index (κ1) is 15.5. The second kappa shape index (κ2) is 6.80. The largest absolute Gasteiger partial charge is 0.320 e. The van der Waals surface area contributed by atoms with Crippen LogP contribution in [0.1, 0.15) is 27.2 Å². The van der Waals surface area contributed by atoms with Crippen molar-refractivity contribution >= 4 is 11.6 Å². The van der Waals surface area contributed by atoms with Crippen molar-refractivity contribution < 1.29 is 4.79 Å². The second-order valence-electron chi connectivity index (χ2n) is 5.31. The summed E-state index contributed by atoms with van der Waals surface area (Å²) >= 11 is 0. The van der Waals surface area contributed by atoms with Crippen molar-refractivity contribution in [3.8, 4) is 11.8 Å². The normalized spacial score (nSPS) is 9.92. The quantitative estimate of drug-likeness (QED) is 0.740. The van der Waals surface area contributed by atoms with Gasteiger partial charge in [-0.05, 0) is 48.9 Å². The fourth-order valence-electron chi connectivity index (χ4n) is 2.24. The van der Waals surface area contributed by atoms with Crippen molar-refractivity contribution in [3.63, 3.8) is 0 Å². The number of aryl methyl sites for hydroxylation is 2. The van der Waals surface area contributed by atoms with Gasteiger partial charge in [0.05, 0.1) is 0 Å². The maximum Gasteiger partial charge on any atom is 0.273 e. The lowest BCUT2D eigenvalue weighted by Crippen LogP contribution is -2.16. The van der Waals surface area contributed by atoms with Crippen LogP contribution in [0.4, 0.5) is 5.69 Å². The van der Waals surface area contributed by atoms with Crippen LogP contribution in [0, 0.1) is 18.8 Å². The van der Waals surface area contributed by atoms with Gasteiger partial charge in [-0.15, -0.1) is 0 Å². The lowest BCUT2D eigenvalue weighted by Gasteiger charge is -2.08. The Morgan fingerprint density at radius 2 is 1.79 bits per heavy atom. The van der Waals surface area contributed by atoms with Gasteiger partial charge in [-0.2, -0.15) is 5.10 Å². The van der Waals surface area contributed by atoms with E-state index in [1.807, 2.05) is 37.3 Å². The second-order valence-corrected chi connectivity index (χ2v) is 5.31. The van der Waals surface area contributed by atoms with Gasteiger partial charge >= 0.3 is 0 Å². The SMILES string of the molecule is Cc1cc(C#Cc2ccncc2)ccc1NC(=O)c1ccnn1C.